The van der Waals surface area contributed by atoms with Crippen LogP contribution in [0.5, 0.6) is 0 Å². The number of nitriles is 1. The fourth-order valence-corrected chi connectivity index (χ4v) is 2.55. The molecule has 1 heterocycles. The topological polar surface area (TPSA) is 52.8 Å². The van der Waals surface area contributed by atoms with E-state index in [0.717, 1.165) is 17.1 Å². The lowest BCUT2D eigenvalue weighted by molar-refractivity contribution is 0.821. The Balaban J connectivity index is 2.52. The second-order valence-corrected chi connectivity index (χ2v) is 5.31. The molecule has 0 amide bonds. The van der Waals surface area contributed by atoms with Crippen LogP contribution in [0.3, 0.4) is 0 Å². The minimum Gasteiger partial charge on any atom is -0.325 e. The van der Waals surface area contributed by atoms with Crippen molar-refractivity contribution in [2.24, 2.45) is 0 Å². The van der Waals surface area contributed by atoms with Gasteiger partial charge in [0.1, 0.15) is 17.3 Å². The van der Waals surface area contributed by atoms with E-state index in [1.54, 1.807) is 0 Å². The Labute approximate surface area is 130 Å². The number of anilines is 2. The van der Waals surface area contributed by atoms with Gasteiger partial charge >= 0.3 is 0 Å². The molecular formula is C16H17ClN4. The van der Waals surface area contributed by atoms with E-state index in [4.69, 9.17) is 16.9 Å². The predicted octanol–water partition coefficient (Wildman–Crippen LogP) is 4.31. The average molecular weight is 301 g/mol. The first-order chi connectivity index (χ1) is 10.1. The molecule has 0 unspecified atom stereocenters. The quantitative estimate of drug-likeness (QED) is 0.772. The van der Waals surface area contributed by atoms with E-state index in [9.17, 15) is 0 Å². The van der Waals surface area contributed by atoms with E-state index in [0.29, 0.717) is 18.1 Å². The van der Waals surface area contributed by atoms with Gasteiger partial charge < -0.3 is 4.90 Å². The standard InChI is InChI=1S/C16H17ClN4/c1-12(2)14-15(17)19-11-20-16(14)21(10-6-9-18)13-7-4-3-5-8-13/h3-5,7-8,11-12H,6,10H2,1-2H3. The van der Waals surface area contributed by atoms with Gasteiger partial charge in [-0.1, -0.05) is 43.6 Å². The lowest BCUT2D eigenvalue weighted by Gasteiger charge is -2.26. The lowest BCUT2D eigenvalue weighted by Crippen LogP contribution is -2.21. The third-order valence-electron chi connectivity index (χ3n) is 3.16. The van der Waals surface area contributed by atoms with Gasteiger partial charge in [0.2, 0.25) is 0 Å². The second kappa shape index (κ2) is 7.05. The Bertz CT molecular complexity index is 634. The van der Waals surface area contributed by atoms with Crippen LogP contribution in [0.4, 0.5) is 11.5 Å². The SMILES string of the molecule is CC(C)c1c(Cl)ncnc1N(CCC#N)c1ccccc1. The van der Waals surface area contributed by atoms with Crippen molar-refractivity contribution in [1.82, 2.24) is 9.97 Å². The summed E-state index contributed by atoms with van der Waals surface area (Å²) in [6, 6.07) is 12.1. The van der Waals surface area contributed by atoms with Crippen LogP contribution in [0.25, 0.3) is 0 Å². The van der Waals surface area contributed by atoms with Crippen molar-refractivity contribution in [3.05, 3.63) is 47.4 Å². The molecular weight excluding hydrogens is 284 g/mol. The minimum atomic E-state index is 0.196. The molecule has 0 spiro atoms. The van der Waals surface area contributed by atoms with E-state index in [1.165, 1.54) is 6.33 Å². The Morgan fingerprint density at radius 1 is 1.24 bits per heavy atom. The molecule has 1 aromatic carbocycles. The summed E-state index contributed by atoms with van der Waals surface area (Å²) >= 11 is 6.25. The summed E-state index contributed by atoms with van der Waals surface area (Å²) in [5, 5.41) is 9.37. The van der Waals surface area contributed by atoms with Gasteiger partial charge in [-0.2, -0.15) is 5.26 Å². The number of para-hydroxylation sites is 1. The zero-order chi connectivity index (χ0) is 15.2. The fourth-order valence-electron chi connectivity index (χ4n) is 2.20. The average Bonchev–Trinajstić information content (AvgIpc) is 2.48. The number of hydrogen-bond donors (Lipinski definition) is 0. The number of nitrogens with zero attached hydrogens (tertiary/aromatic N) is 4. The summed E-state index contributed by atoms with van der Waals surface area (Å²) in [7, 11) is 0. The fraction of sp³-hybridized carbons (Fsp3) is 0.312. The van der Waals surface area contributed by atoms with Crippen molar-refractivity contribution >= 4 is 23.1 Å². The summed E-state index contributed by atoms with van der Waals surface area (Å²) in [6.07, 6.45) is 1.87. The summed E-state index contributed by atoms with van der Waals surface area (Å²) in [5.74, 6) is 0.966. The zero-order valence-electron chi connectivity index (χ0n) is 12.1. The van der Waals surface area contributed by atoms with Crippen molar-refractivity contribution in [1.29, 1.82) is 5.26 Å². The molecule has 0 bridgehead atoms. The molecule has 0 atom stereocenters. The summed E-state index contributed by atoms with van der Waals surface area (Å²) in [5.41, 5.74) is 1.89. The largest absolute Gasteiger partial charge is 0.325 e. The van der Waals surface area contributed by atoms with Crippen molar-refractivity contribution in [3.8, 4) is 6.07 Å². The summed E-state index contributed by atoms with van der Waals surface area (Å²) in [4.78, 5) is 10.5. The highest BCUT2D eigenvalue weighted by atomic mass is 35.5. The Morgan fingerprint density at radius 3 is 2.57 bits per heavy atom. The number of aromatic nitrogens is 2. The van der Waals surface area contributed by atoms with Crippen LogP contribution in [0, 0.1) is 11.3 Å². The Morgan fingerprint density at radius 2 is 1.95 bits per heavy atom. The molecule has 0 saturated heterocycles. The lowest BCUT2D eigenvalue weighted by atomic mass is 10.1. The van der Waals surface area contributed by atoms with Crippen LogP contribution in [0.15, 0.2) is 36.7 Å². The van der Waals surface area contributed by atoms with Crippen LogP contribution in [0.1, 0.15) is 31.7 Å². The van der Waals surface area contributed by atoms with Gasteiger partial charge in [-0.25, -0.2) is 9.97 Å². The van der Waals surface area contributed by atoms with Crippen molar-refractivity contribution < 1.29 is 0 Å². The van der Waals surface area contributed by atoms with Gasteiger partial charge in [0.15, 0.2) is 0 Å². The van der Waals surface area contributed by atoms with E-state index >= 15 is 0 Å². The molecule has 0 radical (unpaired) electrons. The molecule has 2 aromatic rings. The van der Waals surface area contributed by atoms with Crippen molar-refractivity contribution in [2.75, 3.05) is 11.4 Å². The predicted molar refractivity (Wildman–Crippen MR) is 84.8 cm³/mol. The third-order valence-corrected chi connectivity index (χ3v) is 3.46. The highest BCUT2D eigenvalue weighted by Gasteiger charge is 2.20. The van der Waals surface area contributed by atoms with Gasteiger partial charge in [0.05, 0.1) is 12.5 Å². The molecule has 0 fully saturated rings. The number of benzene rings is 1. The number of rotatable bonds is 5. The van der Waals surface area contributed by atoms with Crippen molar-refractivity contribution in [3.63, 3.8) is 0 Å². The first kappa shape index (κ1) is 15.3. The highest BCUT2D eigenvalue weighted by molar-refractivity contribution is 6.30. The first-order valence-electron chi connectivity index (χ1n) is 6.85. The summed E-state index contributed by atoms with van der Waals surface area (Å²) in [6.45, 7) is 4.68. The monoisotopic (exact) mass is 300 g/mol. The number of halogens is 1. The molecule has 0 saturated carbocycles. The van der Waals surface area contributed by atoms with Crippen LogP contribution in [-0.2, 0) is 0 Å². The molecule has 5 heteroatoms. The maximum absolute atomic E-state index is 8.91. The zero-order valence-corrected chi connectivity index (χ0v) is 12.9. The molecule has 0 aliphatic heterocycles. The third kappa shape index (κ3) is 3.50. The molecule has 0 N–H and O–H groups in total. The van der Waals surface area contributed by atoms with Crippen LogP contribution >= 0.6 is 11.6 Å². The maximum Gasteiger partial charge on any atom is 0.141 e. The van der Waals surface area contributed by atoms with Gasteiger partial charge in [0.25, 0.3) is 0 Å². The van der Waals surface area contributed by atoms with Crippen LogP contribution in [0.2, 0.25) is 5.15 Å². The molecule has 21 heavy (non-hydrogen) atoms. The van der Waals surface area contributed by atoms with E-state index in [2.05, 4.69) is 29.9 Å². The van der Waals surface area contributed by atoms with Gasteiger partial charge in [-0.15, -0.1) is 0 Å². The molecule has 2 rings (SSSR count). The highest BCUT2D eigenvalue weighted by Crippen LogP contribution is 2.34. The van der Waals surface area contributed by atoms with E-state index in [-0.39, 0.29) is 5.92 Å². The molecule has 4 nitrogen and oxygen atoms in total. The minimum absolute atomic E-state index is 0.196. The van der Waals surface area contributed by atoms with Crippen LogP contribution in [-0.4, -0.2) is 16.5 Å². The van der Waals surface area contributed by atoms with Gasteiger partial charge in [-0.3, -0.25) is 0 Å². The van der Waals surface area contributed by atoms with Gasteiger partial charge in [-0.05, 0) is 18.1 Å². The Hall–Kier alpha value is -2.12. The number of hydrogen-bond acceptors (Lipinski definition) is 4. The van der Waals surface area contributed by atoms with Crippen LogP contribution < -0.4 is 4.90 Å². The maximum atomic E-state index is 8.91. The Kier molecular flexibility index (Phi) is 5.13. The van der Waals surface area contributed by atoms with E-state index < -0.39 is 0 Å². The summed E-state index contributed by atoms with van der Waals surface area (Å²) < 4.78 is 0. The first-order valence-corrected chi connectivity index (χ1v) is 7.23. The van der Waals surface area contributed by atoms with E-state index in [1.807, 2.05) is 35.2 Å². The molecule has 1 aromatic heterocycles. The van der Waals surface area contributed by atoms with Crippen molar-refractivity contribution in [2.45, 2.75) is 26.2 Å². The molecule has 108 valence electrons. The normalized spacial score (nSPS) is 10.4. The second-order valence-electron chi connectivity index (χ2n) is 4.95. The molecule has 0 aliphatic rings. The van der Waals surface area contributed by atoms with Gasteiger partial charge in [0, 0.05) is 17.8 Å². The smallest absolute Gasteiger partial charge is 0.141 e. The molecule has 0 aliphatic carbocycles.